The average Bonchev–Trinajstić information content (AvgIpc) is 2.71. The second-order valence-electron chi connectivity index (χ2n) is 10.3. The van der Waals surface area contributed by atoms with Gasteiger partial charge < -0.3 is 15.4 Å². The second kappa shape index (κ2) is 9.56. The Morgan fingerprint density at radius 1 is 1.03 bits per heavy atom. The van der Waals surface area contributed by atoms with E-state index in [2.05, 4.69) is 15.4 Å². The highest BCUT2D eigenvalue weighted by Crippen LogP contribution is 2.55. The van der Waals surface area contributed by atoms with Crippen molar-refractivity contribution in [2.75, 3.05) is 17.5 Å². The summed E-state index contributed by atoms with van der Waals surface area (Å²) in [6.07, 6.45) is 7.06. The Hall–Kier alpha value is -2.62. The highest BCUT2D eigenvalue weighted by atomic mass is 32.2. The third-order valence-corrected chi connectivity index (χ3v) is 7.79. The maximum absolute atomic E-state index is 12.5. The molecule has 4 bridgehead atoms. The molecule has 4 aliphatic rings. The van der Waals surface area contributed by atoms with Crippen LogP contribution in [0.25, 0.3) is 0 Å². The standard InChI is InChI=1S/C24H33N3O6S/c1-15(22(29)19-3-5-20(6-4-19)27-34(2,31)32)33-21(28)7-8-25-23(30)26-24-12-16-9-17(13-24)11-18(10-16)14-24/h3-6,15-18,27H,7-14H2,1-2H3,(H2,25,26,30). The van der Waals surface area contributed by atoms with Gasteiger partial charge in [-0.1, -0.05) is 0 Å². The molecule has 0 spiro atoms. The van der Waals surface area contributed by atoms with Crippen LogP contribution in [0, 0.1) is 17.8 Å². The second-order valence-corrected chi connectivity index (χ2v) is 12.0. The predicted octanol–water partition coefficient (Wildman–Crippen LogP) is 2.83. The SMILES string of the molecule is CC(OC(=O)CCNC(=O)NC12CC3CC(CC(C3)C1)C2)C(=O)c1ccc(NS(C)(=O)=O)cc1. The molecule has 4 fully saturated rings. The zero-order valence-corrected chi connectivity index (χ0v) is 20.4. The first kappa shape index (κ1) is 24.5. The van der Waals surface area contributed by atoms with Crippen LogP contribution in [0.2, 0.25) is 0 Å². The van der Waals surface area contributed by atoms with E-state index in [1.165, 1.54) is 50.5 Å². The molecule has 34 heavy (non-hydrogen) atoms. The minimum absolute atomic E-state index is 0.0386. The van der Waals surface area contributed by atoms with E-state index >= 15 is 0 Å². The molecule has 1 aromatic rings. The Labute approximate surface area is 200 Å². The lowest BCUT2D eigenvalue weighted by Gasteiger charge is -2.56. The monoisotopic (exact) mass is 491 g/mol. The van der Waals surface area contributed by atoms with Crippen molar-refractivity contribution in [2.24, 2.45) is 17.8 Å². The highest BCUT2D eigenvalue weighted by molar-refractivity contribution is 7.92. The number of anilines is 1. The molecule has 1 unspecified atom stereocenters. The van der Waals surface area contributed by atoms with Crippen LogP contribution >= 0.6 is 0 Å². The number of nitrogens with one attached hydrogen (secondary N) is 3. The number of benzene rings is 1. The fourth-order valence-corrected chi connectivity index (χ4v) is 6.85. The molecule has 3 N–H and O–H groups in total. The van der Waals surface area contributed by atoms with E-state index in [0.717, 1.165) is 43.3 Å². The number of amides is 2. The number of sulfonamides is 1. The fourth-order valence-electron chi connectivity index (χ4n) is 6.29. The third-order valence-electron chi connectivity index (χ3n) is 7.18. The molecule has 4 saturated carbocycles. The molecular weight excluding hydrogens is 458 g/mol. The van der Waals surface area contributed by atoms with Crippen molar-refractivity contribution in [3.8, 4) is 0 Å². The number of hydrogen-bond acceptors (Lipinski definition) is 6. The van der Waals surface area contributed by atoms with E-state index in [0.29, 0.717) is 11.3 Å². The number of Topliss-reactive ketones (excluding diaryl/α,β-unsaturated/α-hetero) is 1. The van der Waals surface area contributed by atoms with Gasteiger partial charge in [0.05, 0.1) is 12.7 Å². The summed E-state index contributed by atoms with van der Waals surface area (Å²) in [5.41, 5.74) is 0.543. The maximum Gasteiger partial charge on any atom is 0.315 e. The molecule has 9 nitrogen and oxygen atoms in total. The van der Waals surface area contributed by atoms with Gasteiger partial charge in [0.15, 0.2) is 6.10 Å². The number of carbonyl (C=O) groups is 3. The molecule has 4 aliphatic carbocycles. The number of hydrogen-bond donors (Lipinski definition) is 3. The van der Waals surface area contributed by atoms with Gasteiger partial charge in [-0.15, -0.1) is 0 Å². The first-order chi connectivity index (χ1) is 16.0. The van der Waals surface area contributed by atoms with Crippen molar-refractivity contribution in [1.82, 2.24) is 10.6 Å². The van der Waals surface area contributed by atoms with Gasteiger partial charge in [-0.25, -0.2) is 13.2 Å². The molecule has 0 heterocycles. The summed E-state index contributed by atoms with van der Waals surface area (Å²) in [6.45, 7) is 1.61. The van der Waals surface area contributed by atoms with E-state index in [4.69, 9.17) is 4.74 Å². The van der Waals surface area contributed by atoms with Crippen LogP contribution in [0.4, 0.5) is 10.5 Å². The van der Waals surface area contributed by atoms with Crippen molar-refractivity contribution in [3.05, 3.63) is 29.8 Å². The van der Waals surface area contributed by atoms with Gasteiger partial charge >= 0.3 is 12.0 Å². The highest BCUT2D eigenvalue weighted by Gasteiger charge is 2.51. The van der Waals surface area contributed by atoms with E-state index in [-0.39, 0.29) is 24.5 Å². The molecule has 0 radical (unpaired) electrons. The van der Waals surface area contributed by atoms with Crippen molar-refractivity contribution in [1.29, 1.82) is 0 Å². The summed E-state index contributed by atoms with van der Waals surface area (Å²) in [5, 5.41) is 5.95. The molecule has 2 amide bonds. The Morgan fingerprint density at radius 3 is 2.12 bits per heavy atom. The molecule has 1 atom stereocenters. The van der Waals surface area contributed by atoms with Gasteiger partial charge in [-0.2, -0.15) is 0 Å². The lowest BCUT2D eigenvalue weighted by atomic mass is 9.53. The summed E-state index contributed by atoms with van der Waals surface area (Å²) in [7, 11) is -3.41. The predicted molar refractivity (Wildman–Crippen MR) is 127 cm³/mol. The van der Waals surface area contributed by atoms with Crippen LogP contribution in [0.3, 0.4) is 0 Å². The minimum Gasteiger partial charge on any atom is -0.454 e. The minimum atomic E-state index is -3.41. The smallest absolute Gasteiger partial charge is 0.315 e. The summed E-state index contributed by atoms with van der Waals surface area (Å²) < 4.78 is 30.1. The summed E-state index contributed by atoms with van der Waals surface area (Å²) >= 11 is 0. The molecule has 10 heteroatoms. The lowest BCUT2D eigenvalue weighted by molar-refractivity contribution is -0.146. The van der Waals surface area contributed by atoms with Crippen molar-refractivity contribution in [3.63, 3.8) is 0 Å². The van der Waals surface area contributed by atoms with Gasteiger partial charge in [-0.3, -0.25) is 14.3 Å². The number of ketones is 1. The molecule has 186 valence electrons. The summed E-state index contributed by atoms with van der Waals surface area (Å²) in [4.78, 5) is 37.2. The van der Waals surface area contributed by atoms with Gasteiger partial charge in [0, 0.05) is 23.3 Å². The van der Waals surface area contributed by atoms with Crippen LogP contribution in [-0.2, 0) is 19.6 Å². The van der Waals surface area contributed by atoms with E-state index in [9.17, 15) is 22.8 Å². The first-order valence-corrected chi connectivity index (χ1v) is 13.8. The van der Waals surface area contributed by atoms with Crippen molar-refractivity contribution in [2.45, 2.75) is 63.5 Å². The van der Waals surface area contributed by atoms with E-state index < -0.39 is 27.9 Å². The molecule has 1 aromatic carbocycles. The number of carbonyl (C=O) groups excluding carboxylic acids is 3. The Morgan fingerprint density at radius 2 is 1.59 bits per heavy atom. The van der Waals surface area contributed by atoms with Crippen molar-refractivity contribution < 1.29 is 27.5 Å². The summed E-state index contributed by atoms with van der Waals surface area (Å²) in [6, 6.07) is 5.62. The zero-order valence-electron chi connectivity index (χ0n) is 19.6. The van der Waals surface area contributed by atoms with Gasteiger partial charge in [0.1, 0.15) is 0 Å². The van der Waals surface area contributed by atoms with Gasteiger partial charge in [-0.05, 0) is 87.5 Å². The first-order valence-electron chi connectivity index (χ1n) is 11.9. The quantitative estimate of drug-likeness (QED) is 0.360. The van der Waals surface area contributed by atoms with E-state index in [1.54, 1.807) is 0 Å². The number of ether oxygens (including phenoxy) is 1. The zero-order chi connectivity index (χ0) is 24.5. The van der Waals surface area contributed by atoms with Crippen LogP contribution in [0.15, 0.2) is 24.3 Å². The molecule has 0 aliphatic heterocycles. The number of rotatable bonds is 9. The average molecular weight is 492 g/mol. The third kappa shape index (κ3) is 6.08. The normalized spacial score (nSPS) is 28.1. The van der Waals surface area contributed by atoms with E-state index in [1.807, 2.05) is 0 Å². The molecule has 5 rings (SSSR count). The maximum atomic E-state index is 12.5. The topological polar surface area (TPSA) is 131 Å². The largest absolute Gasteiger partial charge is 0.454 e. The Kier molecular flexibility index (Phi) is 6.89. The van der Waals surface area contributed by atoms with Crippen LogP contribution < -0.4 is 15.4 Å². The molecular formula is C24H33N3O6S. The van der Waals surface area contributed by atoms with Gasteiger partial charge in [0.2, 0.25) is 15.8 Å². The van der Waals surface area contributed by atoms with Crippen LogP contribution in [-0.4, -0.2) is 50.6 Å². The van der Waals surface area contributed by atoms with Gasteiger partial charge in [0.25, 0.3) is 0 Å². The number of esters is 1. The van der Waals surface area contributed by atoms with Crippen LogP contribution in [0.1, 0.15) is 62.2 Å². The Balaban J connectivity index is 1.19. The molecule has 0 saturated heterocycles. The fraction of sp³-hybridized carbons (Fsp3) is 0.625. The Bertz CT molecular complexity index is 1020. The van der Waals surface area contributed by atoms with Crippen LogP contribution in [0.5, 0.6) is 0 Å². The van der Waals surface area contributed by atoms with Crippen molar-refractivity contribution >= 4 is 33.5 Å². The lowest BCUT2D eigenvalue weighted by Crippen LogP contribution is -2.61. The molecule has 0 aromatic heterocycles. The summed E-state index contributed by atoms with van der Waals surface area (Å²) in [5.74, 6) is 1.21. The number of urea groups is 1.